The Bertz CT molecular complexity index is 382. The van der Waals surface area contributed by atoms with Crippen molar-refractivity contribution in [3.8, 4) is 6.07 Å². The van der Waals surface area contributed by atoms with Gasteiger partial charge in [0.05, 0.1) is 11.3 Å². The van der Waals surface area contributed by atoms with Gasteiger partial charge in [0.2, 0.25) is 0 Å². The van der Waals surface area contributed by atoms with Crippen molar-refractivity contribution in [3.05, 3.63) is 28.6 Å². The number of nitrogens with two attached hydrogens (primary N) is 1. The van der Waals surface area contributed by atoms with E-state index >= 15 is 0 Å². The minimum atomic E-state index is -2.68. The van der Waals surface area contributed by atoms with Crippen molar-refractivity contribution in [2.75, 3.05) is 0 Å². The molecule has 0 aliphatic rings. The smallest absolute Gasteiger partial charge is 0.266 e. The van der Waals surface area contributed by atoms with Crippen LogP contribution in [0.2, 0.25) is 0 Å². The molecule has 0 saturated heterocycles. The molecule has 0 spiro atoms. The zero-order chi connectivity index (χ0) is 10.7. The van der Waals surface area contributed by atoms with Crippen LogP contribution >= 0.6 is 0 Å². The van der Waals surface area contributed by atoms with E-state index in [0.29, 0.717) is 11.3 Å². The van der Waals surface area contributed by atoms with E-state index in [-0.39, 0.29) is 17.8 Å². The number of pyridine rings is 1. The van der Waals surface area contributed by atoms with Gasteiger partial charge in [0.15, 0.2) is 0 Å². The summed E-state index contributed by atoms with van der Waals surface area (Å²) in [6.45, 7) is 1.65. The summed E-state index contributed by atoms with van der Waals surface area (Å²) in [5, 5.41) is 8.63. The van der Waals surface area contributed by atoms with E-state index in [4.69, 9.17) is 11.0 Å². The number of hydrogen-bond acceptors (Lipinski definition) is 3. The van der Waals surface area contributed by atoms with Gasteiger partial charge in [0.1, 0.15) is 11.8 Å². The van der Waals surface area contributed by atoms with Crippen LogP contribution in [-0.2, 0) is 6.54 Å². The lowest BCUT2D eigenvalue weighted by atomic mass is 10.1. The van der Waals surface area contributed by atoms with Crippen molar-refractivity contribution in [1.29, 1.82) is 5.26 Å². The first-order valence-corrected chi connectivity index (χ1v) is 3.99. The molecule has 0 aliphatic carbocycles. The summed E-state index contributed by atoms with van der Waals surface area (Å²) in [5.41, 5.74) is 5.57. The first kappa shape index (κ1) is 10.5. The van der Waals surface area contributed by atoms with E-state index in [1.165, 1.54) is 13.0 Å². The third kappa shape index (κ3) is 1.86. The highest BCUT2D eigenvalue weighted by atomic mass is 19.3. The summed E-state index contributed by atoms with van der Waals surface area (Å²) in [6.07, 6.45) is -2.68. The van der Waals surface area contributed by atoms with E-state index in [9.17, 15) is 8.78 Å². The van der Waals surface area contributed by atoms with Crippen LogP contribution in [0.4, 0.5) is 8.78 Å². The monoisotopic (exact) mass is 197 g/mol. The molecule has 0 unspecified atom stereocenters. The van der Waals surface area contributed by atoms with Gasteiger partial charge in [-0.25, -0.2) is 13.8 Å². The Morgan fingerprint density at radius 1 is 1.64 bits per heavy atom. The molecular weight excluding hydrogens is 188 g/mol. The zero-order valence-corrected chi connectivity index (χ0v) is 7.59. The Kier molecular flexibility index (Phi) is 3.10. The molecule has 0 amide bonds. The second-order valence-corrected chi connectivity index (χ2v) is 2.81. The van der Waals surface area contributed by atoms with Gasteiger partial charge in [-0.05, 0) is 18.6 Å². The van der Waals surface area contributed by atoms with Crippen LogP contribution in [0.1, 0.15) is 28.9 Å². The van der Waals surface area contributed by atoms with Crippen molar-refractivity contribution < 1.29 is 8.78 Å². The number of rotatable bonds is 2. The highest BCUT2D eigenvalue weighted by Crippen LogP contribution is 2.25. The van der Waals surface area contributed by atoms with Crippen LogP contribution < -0.4 is 5.73 Å². The Hall–Kier alpha value is -1.54. The first-order chi connectivity index (χ1) is 6.60. The summed E-state index contributed by atoms with van der Waals surface area (Å²) < 4.78 is 25.0. The normalized spacial score (nSPS) is 10.3. The van der Waals surface area contributed by atoms with Gasteiger partial charge in [-0.15, -0.1) is 0 Å². The molecule has 0 saturated carbocycles. The molecule has 2 N–H and O–H groups in total. The predicted molar refractivity (Wildman–Crippen MR) is 46.5 cm³/mol. The van der Waals surface area contributed by atoms with Gasteiger partial charge in [0.25, 0.3) is 6.43 Å². The summed E-state index contributed by atoms with van der Waals surface area (Å²) in [6, 6.07) is 3.12. The SMILES string of the molecule is Cc1cc(CN)nc(C#N)c1C(F)F. The number of nitrogens with zero attached hydrogens (tertiary/aromatic N) is 2. The average molecular weight is 197 g/mol. The maximum atomic E-state index is 12.5. The quantitative estimate of drug-likeness (QED) is 0.784. The van der Waals surface area contributed by atoms with E-state index in [1.807, 2.05) is 0 Å². The molecule has 0 aromatic carbocycles. The minimum absolute atomic E-state index is 0.138. The lowest BCUT2D eigenvalue weighted by molar-refractivity contribution is 0.149. The molecule has 0 atom stereocenters. The van der Waals surface area contributed by atoms with Gasteiger partial charge in [-0.3, -0.25) is 0 Å². The zero-order valence-electron chi connectivity index (χ0n) is 7.59. The molecule has 3 nitrogen and oxygen atoms in total. The maximum absolute atomic E-state index is 12.5. The molecule has 0 radical (unpaired) electrons. The number of alkyl halides is 2. The van der Waals surface area contributed by atoms with Crippen LogP contribution in [0.5, 0.6) is 0 Å². The number of nitriles is 1. The molecule has 0 aliphatic heterocycles. The fraction of sp³-hybridized carbons (Fsp3) is 0.333. The highest BCUT2D eigenvalue weighted by molar-refractivity contribution is 5.39. The Morgan fingerprint density at radius 3 is 2.71 bits per heavy atom. The Balaban J connectivity index is 3.37. The second-order valence-electron chi connectivity index (χ2n) is 2.81. The van der Waals surface area contributed by atoms with E-state index in [2.05, 4.69) is 4.98 Å². The van der Waals surface area contributed by atoms with Gasteiger partial charge in [0, 0.05) is 6.54 Å². The van der Waals surface area contributed by atoms with Crippen molar-refractivity contribution in [2.24, 2.45) is 5.73 Å². The van der Waals surface area contributed by atoms with Gasteiger partial charge >= 0.3 is 0 Å². The predicted octanol–water partition coefficient (Wildman–Crippen LogP) is 1.66. The Morgan fingerprint density at radius 2 is 2.29 bits per heavy atom. The lowest BCUT2D eigenvalue weighted by Gasteiger charge is -2.07. The number of hydrogen-bond donors (Lipinski definition) is 1. The topological polar surface area (TPSA) is 62.7 Å². The maximum Gasteiger partial charge on any atom is 0.266 e. The number of halogens is 2. The molecule has 1 aromatic rings. The third-order valence-electron chi connectivity index (χ3n) is 1.85. The fourth-order valence-corrected chi connectivity index (χ4v) is 1.22. The molecule has 0 bridgehead atoms. The van der Waals surface area contributed by atoms with Crippen LogP contribution in [0, 0.1) is 18.3 Å². The first-order valence-electron chi connectivity index (χ1n) is 3.99. The third-order valence-corrected chi connectivity index (χ3v) is 1.85. The summed E-state index contributed by atoms with van der Waals surface area (Å²) in [4.78, 5) is 3.73. The molecule has 1 rings (SSSR count). The van der Waals surface area contributed by atoms with Gasteiger partial charge in [-0.1, -0.05) is 0 Å². The largest absolute Gasteiger partial charge is 0.325 e. The molecule has 74 valence electrons. The summed E-state index contributed by atoms with van der Waals surface area (Å²) in [5.74, 6) is 0. The van der Waals surface area contributed by atoms with Crippen molar-refractivity contribution in [1.82, 2.24) is 4.98 Å². The Labute approximate surface area is 80.2 Å². The molecule has 1 aromatic heterocycles. The molecule has 5 heteroatoms. The minimum Gasteiger partial charge on any atom is -0.325 e. The van der Waals surface area contributed by atoms with E-state index in [0.717, 1.165) is 0 Å². The van der Waals surface area contributed by atoms with Crippen molar-refractivity contribution >= 4 is 0 Å². The van der Waals surface area contributed by atoms with Crippen LogP contribution in [-0.4, -0.2) is 4.98 Å². The molecule has 1 heterocycles. The van der Waals surface area contributed by atoms with E-state index < -0.39 is 6.43 Å². The van der Waals surface area contributed by atoms with Crippen LogP contribution in [0.25, 0.3) is 0 Å². The van der Waals surface area contributed by atoms with Crippen molar-refractivity contribution in [3.63, 3.8) is 0 Å². The average Bonchev–Trinajstić information content (AvgIpc) is 2.15. The van der Waals surface area contributed by atoms with E-state index in [1.54, 1.807) is 6.07 Å². The summed E-state index contributed by atoms with van der Waals surface area (Å²) >= 11 is 0. The lowest BCUT2D eigenvalue weighted by Crippen LogP contribution is -2.06. The summed E-state index contributed by atoms with van der Waals surface area (Å²) in [7, 11) is 0. The van der Waals surface area contributed by atoms with Gasteiger partial charge < -0.3 is 5.73 Å². The standard InChI is InChI=1S/C9H9F2N3/c1-5-2-6(3-12)14-7(4-13)8(5)9(10)11/h2,9H,3,12H2,1H3. The molecule has 0 fully saturated rings. The second kappa shape index (κ2) is 4.11. The number of aromatic nitrogens is 1. The fourth-order valence-electron chi connectivity index (χ4n) is 1.22. The molecule has 14 heavy (non-hydrogen) atoms. The van der Waals surface area contributed by atoms with Gasteiger partial charge in [-0.2, -0.15) is 5.26 Å². The molecular formula is C9H9F2N3. The van der Waals surface area contributed by atoms with Crippen molar-refractivity contribution in [2.45, 2.75) is 19.9 Å². The van der Waals surface area contributed by atoms with Crippen LogP contribution in [0.15, 0.2) is 6.07 Å². The number of aryl methyl sites for hydroxylation is 1. The van der Waals surface area contributed by atoms with Crippen LogP contribution in [0.3, 0.4) is 0 Å². The highest BCUT2D eigenvalue weighted by Gasteiger charge is 2.17.